The fourth-order valence-corrected chi connectivity index (χ4v) is 16.8. The minimum atomic E-state index is -0.0859. The lowest BCUT2D eigenvalue weighted by molar-refractivity contribution is -0.0239. The van der Waals surface area contributed by atoms with Crippen LogP contribution >= 0.6 is 0 Å². The SMILES string of the molecule is CC1(C)CC(C)(C)C2(C)c3cc(-c4cc5ccc6cc(-c7ccc8c(c7)C7(C)C(C)(C)CC(C)(C)CC7(C)N8c7ccccc7)cc7ccc(c4)c5c67)ccc3N(c3ccccc3)C2(C)C1. The maximum absolute atomic E-state index is 2.71. The molecule has 8 aromatic rings. The second kappa shape index (κ2) is 13.1. The van der Waals surface area contributed by atoms with Gasteiger partial charge in [-0.3, -0.25) is 0 Å². The van der Waals surface area contributed by atoms with Gasteiger partial charge in [0.05, 0.1) is 11.1 Å². The summed E-state index contributed by atoms with van der Waals surface area (Å²) in [5.74, 6) is 0. The molecule has 4 aliphatic rings. The van der Waals surface area contributed by atoms with Crippen molar-refractivity contribution in [3.05, 3.63) is 157 Å². The number of fused-ring (bicyclic) bond motifs is 6. The van der Waals surface area contributed by atoms with Crippen LogP contribution in [0.1, 0.15) is 120 Å². The Bertz CT molecular complexity index is 2990. The standard InChI is InChI=1S/C64H68N2/c1-57(2)37-59(5,6)63(11)51-35-41(27-29-53(51)65(61(63,9)39-57)49-19-15-13-16-20-49)47-31-43-23-25-45-33-48(34-46-26-24-44(32-47)55(43)56(45)46)42-28-30-54-52(36-42)64(12)60(7,8)38-58(3,4)40-62(64,10)66(54)50-21-17-14-18-22-50/h13-36H,37-40H2,1-12H3. The molecule has 4 atom stereocenters. The van der Waals surface area contributed by atoms with Crippen molar-refractivity contribution in [1.29, 1.82) is 0 Å². The van der Waals surface area contributed by atoms with Crippen LogP contribution in [0.4, 0.5) is 22.7 Å². The number of hydrogen-bond acceptors (Lipinski definition) is 2. The van der Waals surface area contributed by atoms with Crippen LogP contribution < -0.4 is 9.80 Å². The molecule has 2 aliphatic carbocycles. The molecule has 0 radical (unpaired) electrons. The monoisotopic (exact) mass is 865 g/mol. The predicted molar refractivity (Wildman–Crippen MR) is 283 cm³/mol. The number of para-hydroxylation sites is 2. The van der Waals surface area contributed by atoms with Crippen LogP contribution in [0, 0.1) is 21.7 Å². The number of rotatable bonds is 4. The van der Waals surface area contributed by atoms with Crippen molar-refractivity contribution in [3.8, 4) is 22.3 Å². The van der Waals surface area contributed by atoms with Gasteiger partial charge in [0.2, 0.25) is 0 Å². The second-order valence-corrected chi connectivity index (χ2v) is 25.1. The van der Waals surface area contributed by atoms with Crippen molar-refractivity contribution in [2.75, 3.05) is 9.80 Å². The Kier molecular flexibility index (Phi) is 8.29. The summed E-state index contributed by atoms with van der Waals surface area (Å²) in [6.45, 7) is 30.4. The third-order valence-electron chi connectivity index (χ3n) is 19.1. The molecule has 12 rings (SSSR count). The van der Waals surface area contributed by atoms with E-state index in [-0.39, 0.29) is 43.6 Å². The van der Waals surface area contributed by atoms with E-state index in [1.54, 1.807) is 0 Å². The highest BCUT2D eigenvalue weighted by Crippen LogP contribution is 2.71. The first-order valence-electron chi connectivity index (χ1n) is 24.8. The normalized spacial score (nSPS) is 27.8. The van der Waals surface area contributed by atoms with E-state index in [2.05, 4.69) is 238 Å². The van der Waals surface area contributed by atoms with Crippen molar-refractivity contribution in [2.24, 2.45) is 21.7 Å². The van der Waals surface area contributed by atoms with Gasteiger partial charge in [-0.15, -0.1) is 0 Å². The topological polar surface area (TPSA) is 6.48 Å². The van der Waals surface area contributed by atoms with Gasteiger partial charge < -0.3 is 9.80 Å². The Morgan fingerprint density at radius 3 is 1.00 bits per heavy atom. The Morgan fingerprint density at radius 1 is 0.333 bits per heavy atom. The molecule has 0 amide bonds. The first-order chi connectivity index (χ1) is 31.1. The summed E-state index contributed by atoms with van der Waals surface area (Å²) < 4.78 is 0. The van der Waals surface area contributed by atoms with Crippen molar-refractivity contribution in [1.82, 2.24) is 0 Å². The molecule has 8 aromatic carbocycles. The van der Waals surface area contributed by atoms with Crippen LogP contribution in [-0.2, 0) is 10.8 Å². The average Bonchev–Trinajstić information content (AvgIpc) is 3.59. The summed E-state index contributed by atoms with van der Waals surface area (Å²) in [7, 11) is 0. The molecule has 0 saturated heterocycles. The lowest BCUT2D eigenvalue weighted by Crippen LogP contribution is -2.65. The second-order valence-electron chi connectivity index (χ2n) is 25.1. The molecule has 66 heavy (non-hydrogen) atoms. The molecule has 0 N–H and O–H groups in total. The molecule has 334 valence electrons. The molecule has 0 aromatic heterocycles. The van der Waals surface area contributed by atoms with E-state index >= 15 is 0 Å². The van der Waals surface area contributed by atoms with Crippen molar-refractivity contribution in [3.63, 3.8) is 0 Å². The molecular formula is C64H68N2. The molecular weight excluding hydrogens is 797 g/mol. The number of anilines is 4. The Labute approximate surface area is 394 Å². The minimum Gasteiger partial charge on any atom is -0.334 e. The smallest absolute Gasteiger partial charge is 0.0528 e. The molecule has 2 heterocycles. The van der Waals surface area contributed by atoms with Gasteiger partial charge >= 0.3 is 0 Å². The van der Waals surface area contributed by atoms with Crippen LogP contribution in [0.15, 0.2) is 146 Å². The molecule has 4 unspecified atom stereocenters. The van der Waals surface area contributed by atoms with Crippen molar-refractivity contribution in [2.45, 2.75) is 131 Å². The number of nitrogens with zero attached hydrogens (tertiary/aromatic N) is 2. The fraction of sp³-hybridized carbons (Fsp3) is 0.375. The average molecular weight is 865 g/mol. The van der Waals surface area contributed by atoms with Crippen LogP contribution in [0.25, 0.3) is 54.6 Å². The van der Waals surface area contributed by atoms with Crippen LogP contribution in [-0.4, -0.2) is 11.1 Å². The summed E-state index contributed by atoms with van der Waals surface area (Å²) >= 11 is 0. The first kappa shape index (κ1) is 41.8. The summed E-state index contributed by atoms with van der Waals surface area (Å²) in [5.41, 5.74) is 13.8. The lowest BCUT2D eigenvalue weighted by atomic mass is 9.45. The Balaban J connectivity index is 0.966. The van der Waals surface area contributed by atoms with Crippen LogP contribution in [0.3, 0.4) is 0 Å². The zero-order valence-corrected chi connectivity index (χ0v) is 41.6. The zero-order chi connectivity index (χ0) is 46.2. The molecule has 0 bridgehead atoms. The molecule has 2 fully saturated rings. The predicted octanol–water partition coefficient (Wildman–Crippen LogP) is 17.9. The van der Waals surface area contributed by atoms with Gasteiger partial charge in [-0.25, -0.2) is 0 Å². The third-order valence-corrected chi connectivity index (χ3v) is 19.1. The fourth-order valence-electron chi connectivity index (χ4n) is 16.8. The maximum atomic E-state index is 2.71. The van der Waals surface area contributed by atoms with E-state index in [9.17, 15) is 0 Å². The van der Waals surface area contributed by atoms with E-state index in [0.717, 1.165) is 12.8 Å². The lowest BCUT2D eigenvalue weighted by Gasteiger charge is -2.62. The summed E-state index contributed by atoms with van der Waals surface area (Å²) in [4.78, 5) is 5.42. The highest BCUT2D eigenvalue weighted by molar-refractivity contribution is 6.24. The van der Waals surface area contributed by atoms with E-state index < -0.39 is 0 Å². The van der Waals surface area contributed by atoms with Crippen molar-refractivity contribution < 1.29 is 0 Å². The minimum absolute atomic E-state index is 0.0639. The van der Waals surface area contributed by atoms with Gasteiger partial charge in [0, 0.05) is 33.6 Å². The highest BCUT2D eigenvalue weighted by Gasteiger charge is 2.69. The van der Waals surface area contributed by atoms with Crippen molar-refractivity contribution >= 4 is 55.1 Å². The largest absolute Gasteiger partial charge is 0.334 e. The summed E-state index contributed by atoms with van der Waals surface area (Å²) in [6.07, 6.45) is 4.65. The maximum Gasteiger partial charge on any atom is 0.0528 e. The van der Waals surface area contributed by atoms with Crippen LogP contribution in [0.2, 0.25) is 0 Å². The first-order valence-corrected chi connectivity index (χ1v) is 24.8. The molecule has 2 heteroatoms. The van der Waals surface area contributed by atoms with E-state index in [1.807, 2.05) is 0 Å². The molecule has 2 nitrogen and oxygen atoms in total. The van der Waals surface area contributed by atoms with Gasteiger partial charge in [0.1, 0.15) is 0 Å². The Morgan fingerprint density at radius 2 is 0.667 bits per heavy atom. The van der Waals surface area contributed by atoms with Gasteiger partial charge in [0.25, 0.3) is 0 Å². The van der Waals surface area contributed by atoms with Gasteiger partial charge in [-0.05, 0) is 200 Å². The third kappa shape index (κ3) is 5.31. The quantitative estimate of drug-likeness (QED) is 0.163. The zero-order valence-electron chi connectivity index (χ0n) is 41.6. The van der Waals surface area contributed by atoms with Gasteiger partial charge in [0.15, 0.2) is 0 Å². The highest BCUT2D eigenvalue weighted by atomic mass is 15.3. The van der Waals surface area contributed by atoms with E-state index in [1.165, 1.54) is 101 Å². The van der Waals surface area contributed by atoms with Gasteiger partial charge in [-0.2, -0.15) is 0 Å². The molecule has 2 aliphatic heterocycles. The summed E-state index contributed by atoms with van der Waals surface area (Å²) in [6, 6.07) is 56.5. The summed E-state index contributed by atoms with van der Waals surface area (Å²) in [5, 5.41) is 7.98. The molecule has 2 saturated carbocycles. The van der Waals surface area contributed by atoms with Gasteiger partial charge in [-0.1, -0.05) is 142 Å². The van der Waals surface area contributed by atoms with Crippen LogP contribution in [0.5, 0.6) is 0 Å². The van der Waals surface area contributed by atoms with E-state index in [4.69, 9.17) is 0 Å². The number of benzene rings is 8. The Hall–Kier alpha value is -5.60. The number of hydrogen-bond donors (Lipinski definition) is 0. The molecule has 0 spiro atoms. The van der Waals surface area contributed by atoms with E-state index in [0.29, 0.717) is 0 Å².